The van der Waals surface area contributed by atoms with Crippen molar-refractivity contribution in [1.29, 1.82) is 0 Å². The first-order valence-electron chi connectivity index (χ1n) is 6.82. The van der Waals surface area contributed by atoms with Crippen molar-refractivity contribution < 1.29 is 4.79 Å². The Hall–Kier alpha value is -1.35. The Morgan fingerprint density at radius 3 is 3.06 bits per heavy atom. The molecule has 0 saturated carbocycles. The third-order valence-corrected chi connectivity index (χ3v) is 3.59. The van der Waals surface area contributed by atoms with Gasteiger partial charge in [0.05, 0.1) is 6.04 Å². The van der Waals surface area contributed by atoms with E-state index in [2.05, 4.69) is 30.5 Å². The number of rotatable bonds is 3. The van der Waals surface area contributed by atoms with Crippen molar-refractivity contribution in [3.05, 3.63) is 29.8 Å². The largest absolute Gasteiger partial charge is 0.325 e. The molecular weight excluding hydrogens is 224 g/mol. The summed E-state index contributed by atoms with van der Waals surface area (Å²) in [5, 5.41) is 6.29. The van der Waals surface area contributed by atoms with Crippen LogP contribution in [-0.2, 0) is 11.2 Å². The number of carbonyl (C=O) groups excluding carboxylic acids is 1. The molecule has 2 rings (SSSR count). The number of amides is 1. The van der Waals surface area contributed by atoms with E-state index in [0.717, 1.165) is 31.5 Å². The third kappa shape index (κ3) is 3.33. The van der Waals surface area contributed by atoms with Crippen LogP contribution in [0.15, 0.2) is 24.3 Å². The Labute approximate surface area is 109 Å². The fraction of sp³-hybridized carbons (Fsp3) is 0.533. The van der Waals surface area contributed by atoms with Gasteiger partial charge in [-0.3, -0.25) is 4.79 Å². The van der Waals surface area contributed by atoms with E-state index in [0.29, 0.717) is 5.92 Å². The summed E-state index contributed by atoms with van der Waals surface area (Å²) in [5.74, 6) is 0.721. The zero-order valence-electron chi connectivity index (χ0n) is 11.2. The SMILES string of the molecule is CCc1cccc(NC(=O)C2CC(C)CCN2)c1. The normalized spacial score (nSPS) is 23.7. The number of carbonyl (C=O) groups is 1. The molecule has 0 aliphatic carbocycles. The first-order chi connectivity index (χ1) is 8.69. The zero-order chi connectivity index (χ0) is 13.0. The number of hydrogen-bond acceptors (Lipinski definition) is 2. The number of anilines is 1. The maximum Gasteiger partial charge on any atom is 0.241 e. The minimum absolute atomic E-state index is 0.0426. The summed E-state index contributed by atoms with van der Waals surface area (Å²) in [6, 6.07) is 8.02. The second-order valence-corrected chi connectivity index (χ2v) is 5.18. The van der Waals surface area contributed by atoms with Gasteiger partial charge in [-0.2, -0.15) is 0 Å². The van der Waals surface area contributed by atoms with Crippen LogP contribution in [0.25, 0.3) is 0 Å². The van der Waals surface area contributed by atoms with Crippen molar-refractivity contribution >= 4 is 11.6 Å². The molecule has 98 valence electrons. The molecule has 0 spiro atoms. The highest BCUT2D eigenvalue weighted by Gasteiger charge is 2.24. The lowest BCUT2D eigenvalue weighted by Crippen LogP contribution is -2.45. The molecule has 0 bridgehead atoms. The van der Waals surface area contributed by atoms with Gasteiger partial charge in [-0.1, -0.05) is 26.0 Å². The highest BCUT2D eigenvalue weighted by Crippen LogP contribution is 2.17. The summed E-state index contributed by atoms with van der Waals surface area (Å²) < 4.78 is 0. The van der Waals surface area contributed by atoms with Crippen LogP contribution in [0.1, 0.15) is 32.3 Å². The van der Waals surface area contributed by atoms with Gasteiger partial charge in [0.1, 0.15) is 0 Å². The van der Waals surface area contributed by atoms with Crippen molar-refractivity contribution in [1.82, 2.24) is 5.32 Å². The number of aryl methyl sites for hydroxylation is 1. The molecule has 0 aromatic heterocycles. The lowest BCUT2D eigenvalue weighted by Gasteiger charge is -2.27. The summed E-state index contributed by atoms with van der Waals surface area (Å²) in [7, 11) is 0. The van der Waals surface area contributed by atoms with Crippen LogP contribution in [0.3, 0.4) is 0 Å². The van der Waals surface area contributed by atoms with Crippen LogP contribution in [-0.4, -0.2) is 18.5 Å². The van der Waals surface area contributed by atoms with Gasteiger partial charge in [0.15, 0.2) is 0 Å². The minimum Gasteiger partial charge on any atom is -0.325 e. The monoisotopic (exact) mass is 246 g/mol. The van der Waals surface area contributed by atoms with Crippen molar-refractivity contribution in [2.24, 2.45) is 5.92 Å². The van der Waals surface area contributed by atoms with Gasteiger partial charge in [0.2, 0.25) is 5.91 Å². The quantitative estimate of drug-likeness (QED) is 0.860. The van der Waals surface area contributed by atoms with Crippen LogP contribution in [0.2, 0.25) is 0 Å². The zero-order valence-corrected chi connectivity index (χ0v) is 11.2. The van der Waals surface area contributed by atoms with Gasteiger partial charge in [-0.15, -0.1) is 0 Å². The molecule has 1 heterocycles. The Morgan fingerprint density at radius 1 is 1.50 bits per heavy atom. The number of nitrogens with one attached hydrogen (secondary N) is 2. The van der Waals surface area contributed by atoms with Crippen molar-refractivity contribution in [2.75, 3.05) is 11.9 Å². The van der Waals surface area contributed by atoms with Crippen LogP contribution in [0.4, 0.5) is 5.69 Å². The van der Waals surface area contributed by atoms with Gasteiger partial charge in [-0.05, 0) is 49.4 Å². The maximum absolute atomic E-state index is 12.1. The second kappa shape index (κ2) is 6.01. The van der Waals surface area contributed by atoms with E-state index in [-0.39, 0.29) is 11.9 Å². The first kappa shape index (κ1) is 13.1. The first-order valence-corrected chi connectivity index (χ1v) is 6.82. The van der Waals surface area contributed by atoms with E-state index in [9.17, 15) is 4.79 Å². The summed E-state index contributed by atoms with van der Waals surface area (Å²) in [4.78, 5) is 12.1. The van der Waals surface area contributed by atoms with E-state index in [1.54, 1.807) is 0 Å². The standard InChI is InChI=1S/C15H22N2O/c1-3-12-5-4-6-13(10-12)17-15(18)14-9-11(2)7-8-16-14/h4-6,10-11,14,16H,3,7-9H2,1-2H3,(H,17,18). The molecule has 2 unspecified atom stereocenters. The molecule has 18 heavy (non-hydrogen) atoms. The molecular formula is C15H22N2O. The van der Waals surface area contributed by atoms with E-state index < -0.39 is 0 Å². The molecule has 3 heteroatoms. The highest BCUT2D eigenvalue weighted by molar-refractivity contribution is 5.94. The van der Waals surface area contributed by atoms with Gasteiger partial charge in [-0.25, -0.2) is 0 Å². The second-order valence-electron chi connectivity index (χ2n) is 5.18. The fourth-order valence-electron chi connectivity index (χ4n) is 2.41. The Balaban J connectivity index is 1.97. The van der Waals surface area contributed by atoms with E-state index >= 15 is 0 Å². The molecule has 3 nitrogen and oxygen atoms in total. The molecule has 2 N–H and O–H groups in total. The molecule has 1 amide bonds. The summed E-state index contributed by atoms with van der Waals surface area (Å²) in [6.45, 7) is 5.26. The lowest BCUT2D eigenvalue weighted by atomic mass is 9.94. The number of benzene rings is 1. The number of piperidine rings is 1. The van der Waals surface area contributed by atoms with E-state index in [4.69, 9.17) is 0 Å². The minimum atomic E-state index is -0.0426. The van der Waals surface area contributed by atoms with Gasteiger partial charge >= 0.3 is 0 Å². The van der Waals surface area contributed by atoms with E-state index in [1.807, 2.05) is 18.2 Å². The molecule has 1 aromatic carbocycles. The molecule has 1 aromatic rings. The predicted molar refractivity (Wildman–Crippen MR) is 74.6 cm³/mol. The van der Waals surface area contributed by atoms with Crippen molar-refractivity contribution in [3.8, 4) is 0 Å². The Kier molecular flexibility index (Phi) is 4.37. The van der Waals surface area contributed by atoms with Crippen LogP contribution >= 0.6 is 0 Å². The molecule has 2 atom stereocenters. The summed E-state index contributed by atoms with van der Waals surface area (Å²) in [5.41, 5.74) is 2.15. The molecule has 1 aliphatic heterocycles. The molecule has 0 radical (unpaired) electrons. The average Bonchev–Trinajstić information content (AvgIpc) is 2.39. The van der Waals surface area contributed by atoms with Gasteiger partial charge < -0.3 is 10.6 Å². The molecule has 1 fully saturated rings. The third-order valence-electron chi connectivity index (χ3n) is 3.59. The summed E-state index contributed by atoms with van der Waals surface area (Å²) >= 11 is 0. The fourth-order valence-corrected chi connectivity index (χ4v) is 2.41. The van der Waals surface area contributed by atoms with Crippen LogP contribution in [0, 0.1) is 5.92 Å². The van der Waals surface area contributed by atoms with Crippen molar-refractivity contribution in [3.63, 3.8) is 0 Å². The smallest absolute Gasteiger partial charge is 0.241 e. The predicted octanol–water partition coefficient (Wildman–Crippen LogP) is 2.58. The highest BCUT2D eigenvalue weighted by atomic mass is 16.2. The van der Waals surface area contributed by atoms with Crippen LogP contribution < -0.4 is 10.6 Å². The Bertz CT molecular complexity index is 417. The maximum atomic E-state index is 12.1. The van der Waals surface area contributed by atoms with E-state index in [1.165, 1.54) is 5.56 Å². The number of hydrogen-bond donors (Lipinski definition) is 2. The van der Waals surface area contributed by atoms with Gasteiger partial charge in [0.25, 0.3) is 0 Å². The molecule has 1 saturated heterocycles. The van der Waals surface area contributed by atoms with Crippen LogP contribution in [0.5, 0.6) is 0 Å². The Morgan fingerprint density at radius 2 is 2.33 bits per heavy atom. The molecule has 1 aliphatic rings. The summed E-state index contributed by atoms with van der Waals surface area (Å²) in [6.07, 6.45) is 3.08. The topological polar surface area (TPSA) is 41.1 Å². The van der Waals surface area contributed by atoms with Gasteiger partial charge in [0, 0.05) is 5.69 Å². The van der Waals surface area contributed by atoms with Crippen molar-refractivity contribution in [2.45, 2.75) is 39.2 Å². The average molecular weight is 246 g/mol. The lowest BCUT2D eigenvalue weighted by molar-refractivity contribution is -0.119.